The van der Waals surface area contributed by atoms with Crippen LogP contribution in [0.25, 0.3) is 0 Å². The number of aromatic nitrogens is 3. The highest BCUT2D eigenvalue weighted by molar-refractivity contribution is 5.89. The molecule has 0 aliphatic carbocycles. The molecular formula is C15H19N5O2. The van der Waals surface area contributed by atoms with Gasteiger partial charge in [0.05, 0.1) is 17.9 Å². The minimum absolute atomic E-state index is 0.0622. The van der Waals surface area contributed by atoms with Gasteiger partial charge in [0, 0.05) is 32.2 Å². The number of rotatable bonds is 3. The average molecular weight is 301 g/mol. The van der Waals surface area contributed by atoms with Crippen molar-refractivity contribution >= 4 is 11.7 Å². The molecule has 0 unspecified atom stereocenters. The van der Waals surface area contributed by atoms with Crippen LogP contribution in [-0.4, -0.2) is 33.4 Å². The quantitative estimate of drug-likeness (QED) is 0.906. The summed E-state index contributed by atoms with van der Waals surface area (Å²) in [4.78, 5) is 16.2. The second kappa shape index (κ2) is 6.57. The van der Waals surface area contributed by atoms with Crippen molar-refractivity contribution in [1.82, 2.24) is 20.1 Å². The molecule has 7 heteroatoms. The molecule has 0 bridgehead atoms. The van der Waals surface area contributed by atoms with Crippen molar-refractivity contribution in [2.75, 3.05) is 11.9 Å². The van der Waals surface area contributed by atoms with Crippen LogP contribution in [0.3, 0.4) is 0 Å². The summed E-state index contributed by atoms with van der Waals surface area (Å²) in [5.41, 5.74) is 1.69. The summed E-state index contributed by atoms with van der Waals surface area (Å²) in [6.07, 6.45) is 8.50. The molecule has 22 heavy (non-hydrogen) atoms. The summed E-state index contributed by atoms with van der Waals surface area (Å²) in [5.74, 6) is 0. The fourth-order valence-electron chi connectivity index (χ4n) is 2.63. The lowest BCUT2D eigenvalue weighted by atomic mass is 9.97. The van der Waals surface area contributed by atoms with Crippen LogP contribution >= 0.6 is 0 Å². The van der Waals surface area contributed by atoms with E-state index < -0.39 is 0 Å². The number of carbonyl (C=O) groups excluding carboxylic acids is 1. The van der Waals surface area contributed by atoms with E-state index >= 15 is 0 Å². The van der Waals surface area contributed by atoms with E-state index in [9.17, 15) is 4.79 Å². The Morgan fingerprint density at radius 2 is 2.23 bits per heavy atom. The molecule has 1 aliphatic rings. The Balaban J connectivity index is 1.65. The summed E-state index contributed by atoms with van der Waals surface area (Å²) in [5, 5.41) is 9.80. The van der Waals surface area contributed by atoms with Crippen LogP contribution < -0.4 is 10.6 Å². The fraction of sp³-hybridized carbons (Fsp3) is 0.400. The smallest absolute Gasteiger partial charge is 0.319 e. The Morgan fingerprint density at radius 1 is 1.41 bits per heavy atom. The molecule has 0 saturated carbocycles. The van der Waals surface area contributed by atoms with E-state index in [2.05, 4.69) is 20.7 Å². The first-order valence-corrected chi connectivity index (χ1v) is 7.30. The van der Waals surface area contributed by atoms with E-state index in [-0.39, 0.29) is 18.2 Å². The van der Waals surface area contributed by atoms with E-state index in [0.29, 0.717) is 12.3 Å². The van der Waals surface area contributed by atoms with Gasteiger partial charge in [0.2, 0.25) is 0 Å². The van der Waals surface area contributed by atoms with Gasteiger partial charge in [-0.2, -0.15) is 5.10 Å². The largest absolute Gasteiger partial charge is 0.371 e. The zero-order chi connectivity index (χ0) is 15.4. The predicted octanol–water partition coefficient (Wildman–Crippen LogP) is 1.86. The highest BCUT2D eigenvalue weighted by Gasteiger charge is 2.28. The third kappa shape index (κ3) is 3.43. The zero-order valence-corrected chi connectivity index (χ0v) is 12.4. The van der Waals surface area contributed by atoms with E-state index in [1.807, 2.05) is 12.1 Å². The topological polar surface area (TPSA) is 81.1 Å². The van der Waals surface area contributed by atoms with Crippen molar-refractivity contribution in [3.8, 4) is 0 Å². The number of carbonyl (C=O) groups is 1. The van der Waals surface area contributed by atoms with Gasteiger partial charge >= 0.3 is 6.03 Å². The molecule has 3 rings (SSSR count). The second-order valence-electron chi connectivity index (χ2n) is 5.32. The molecule has 2 atom stereocenters. The Morgan fingerprint density at radius 3 is 2.95 bits per heavy atom. The van der Waals surface area contributed by atoms with Crippen LogP contribution in [0.4, 0.5) is 10.5 Å². The molecule has 2 N–H and O–H groups in total. The van der Waals surface area contributed by atoms with Gasteiger partial charge < -0.3 is 15.4 Å². The molecule has 1 saturated heterocycles. The monoisotopic (exact) mass is 301 g/mol. The van der Waals surface area contributed by atoms with Crippen molar-refractivity contribution in [3.05, 3.63) is 42.5 Å². The third-order valence-electron chi connectivity index (χ3n) is 3.64. The lowest BCUT2D eigenvalue weighted by Gasteiger charge is -2.32. The maximum atomic E-state index is 12.1. The van der Waals surface area contributed by atoms with Gasteiger partial charge in [0.1, 0.15) is 6.10 Å². The number of nitrogens with zero attached hydrogens (tertiary/aromatic N) is 3. The summed E-state index contributed by atoms with van der Waals surface area (Å²) in [6, 6.07) is 3.53. The lowest BCUT2D eigenvalue weighted by molar-refractivity contribution is -0.00701. The molecule has 7 nitrogen and oxygen atoms in total. The minimum Gasteiger partial charge on any atom is -0.371 e. The molecule has 2 aromatic heterocycles. The number of hydrogen-bond donors (Lipinski definition) is 2. The van der Waals surface area contributed by atoms with Crippen molar-refractivity contribution < 1.29 is 9.53 Å². The normalized spacial score (nSPS) is 21.3. The number of aryl methyl sites for hydroxylation is 1. The Hall–Kier alpha value is -2.41. The number of pyridine rings is 1. The summed E-state index contributed by atoms with van der Waals surface area (Å²) in [6.45, 7) is 0.704. The van der Waals surface area contributed by atoms with Gasteiger partial charge in [-0.1, -0.05) is 0 Å². The van der Waals surface area contributed by atoms with Gasteiger partial charge in [-0.05, 0) is 30.5 Å². The van der Waals surface area contributed by atoms with Crippen LogP contribution in [-0.2, 0) is 11.8 Å². The van der Waals surface area contributed by atoms with Gasteiger partial charge in [0.25, 0.3) is 0 Å². The SMILES string of the molecule is Cn1cc(NC(=O)N[C@H]2CCCO[C@@H]2c2ccncc2)cn1. The number of hydrogen-bond acceptors (Lipinski definition) is 4. The predicted molar refractivity (Wildman–Crippen MR) is 81.3 cm³/mol. The van der Waals surface area contributed by atoms with Gasteiger partial charge in [0.15, 0.2) is 0 Å². The lowest BCUT2D eigenvalue weighted by Crippen LogP contribution is -2.44. The number of nitrogens with one attached hydrogen (secondary N) is 2. The third-order valence-corrected chi connectivity index (χ3v) is 3.64. The first kappa shape index (κ1) is 14.5. The van der Waals surface area contributed by atoms with Crippen LogP contribution in [0.1, 0.15) is 24.5 Å². The number of anilines is 1. The molecule has 0 radical (unpaired) electrons. The molecule has 0 aromatic carbocycles. The zero-order valence-electron chi connectivity index (χ0n) is 12.4. The van der Waals surface area contributed by atoms with Gasteiger partial charge in [-0.15, -0.1) is 0 Å². The van der Waals surface area contributed by atoms with Crippen molar-refractivity contribution in [2.45, 2.75) is 25.0 Å². The van der Waals surface area contributed by atoms with E-state index in [1.54, 1.807) is 36.5 Å². The maximum absolute atomic E-state index is 12.1. The first-order chi connectivity index (χ1) is 10.7. The Kier molecular flexibility index (Phi) is 4.34. The molecule has 1 fully saturated rings. The fourth-order valence-corrected chi connectivity index (χ4v) is 2.63. The van der Waals surface area contributed by atoms with Crippen LogP contribution in [0.5, 0.6) is 0 Å². The second-order valence-corrected chi connectivity index (χ2v) is 5.32. The van der Waals surface area contributed by atoms with Crippen LogP contribution in [0, 0.1) is 0 Å². The number of urea groups is 1. The highest BCUT2D eigenvalue weighted by Crippen LogP contribution is 2.28. The van der Waals surface area contributed by atoms with Gasteiger partial charge in [-0.3, -0.25) is 9.67 Å². The standard InChI is InChI=1S/C15H19N5O2/c1-20-10-12(9-17-20)18-15(21)19-13-3-2-8-22-14(13)11-4-6-16-7-5-11/h4-7,9-10,13-14H,2-3,8H2,1H3,(H2,18,19,21)/t13-,14+/m0/s1. The number of ether oxygens (including phenoxy) is 1. The van der Waals surface area contributed by atoms with Crippen LogP contribution in [0.2, 0.25) is 0 Å². The molecular weight excluding hydrogens is 282 g/mol. The summed E-state index contributed by atoms with van der Waals surface area (Å²) >= 11 is 0. The van der Waals surface area contributed by atoms with E-state index in [4.69, 9.17) is 4.74 Å². The highest BCUT2D eigenvalue weighted by atomic mass is 16.5. The van der Waals surface area contributed by atoms with Crippen molar-refractivity contribution in [3.63, 3.8) is 0 Å². The molecule has 0 spiro atoms. The molecule has 1 aliphatic heterocycles. The van der Waals surface area contributed by atoms with Gasteiger partial charge in [-0.25, -0.2) is 4.79 Å². The van der Waals surface area contributed by atoms with Crippen molar-refractivity contribution in [2.24, 2.45) is 7.05 Å². The average Bonchev–Trinajstić information content (AvgIpc) is 2.93. The Labute approximate surface area is 128 Å². The molecule has 2 amide bonds. The Bertz CT molecular complexity index is 628. The first-order valence-electron chi connectivity index (χ1n) is 7.30. The summed E-state index contributed by atoms with van der Waals surface area (Å²) < 4.78 is 7.48. The molecule has 3 heterocycles. The minimum atomic E-state index is -0.248. The van der Waals surface area contributed by atoms with Crippen molar-refractivity contribution in [1.29, 1.82) is 0 Å². The number of amides is 2. The van der Waals surface area contributed by atoms with E-state index in [0.717, 1.165) is 18.4 Å². The molecule has 116 valence electrons. The summed E-state index contributed by atoms with van der Waals surface area (Å²) in [7, 11) is 1.80. The van der Waals surface area contributed by atoms with E-state index in [1.165, 1.54) is 0 Å². The molecule has 2 aromatic rings. The van der Waals surface area contributed by atoms with Crippen LogP contribution in [0.15, 0.2) is 36.9 Å². The maximum Gasteiger partial charge on any atom is 0.319 e.